The number of carboxylic acids is 1. The number of fused-ring (bicyclic) bond motifs is 3. The smallest absolute Gasteiger partial charge is 0.322 e. The van der Waals surface area contributed by atoms with Gasteiger partial charge in [-0.1, -0.05) is 26.0 Å². The Morgan fingerprint density at radius 1 is 1.20 bits per heavy atom. The molecule has 1 unspecified atom stereocenters. The Balaban J connectivity index is 1.71. The van der Waals surface area contributed by atoms with Crippen molar-refractivity contribution in [3.8, 4) is 0 Å². The van der Waals surface area contributed by atoms with Crippen molar-refractivity contribution in [3.05, 3.63) is 36.4 Å². The van der Waals surface area contributed by atoms with E-state index in [2.05, 4.69) is 4.72 Å². The van der Waals surface area contributed by atoms with Crippen LogP contribution in [0.4, 0.5) is 5.69 Å². The highest BCUT2D eigenvalue weighted by atomic mass is 32.2. The first-order chi connectivity index (χ1) is 14.2. The Kier molecular flexibility index (Phi) is 5.71. The Labute approximate surface area is 182 Å². The van der Waals surface area contributed by atoms with E-state index in [1.807, 2.05) is 22.5 Å². The van der Waals surface area contributed by atoms with Crippen molar-refractivity contribution in [2.24, 2.45) is 5.92 Å². The van der Waals surface area contributed by atoms with E-state index in [9.17, 15) is 22.9 Å². The van der Waals surface area contributed by atoms with Crippen LogP contribution in [0.2, 0.25) is 0 Å². The minimum absolute atomic E-state index is 0.0364. The van der Waals surface area contributed by atoms with Gasteiger partial charge in [0.2, 0.25) is 10.0 Å². The lowest BCUT2D eigenvalue weighted by Gasteiger charge is -2.18. The monoisotopic (exact) mass is 466 g/mol. The van der Waals surface area contributed by atoms with E-state index in [0.717, 1.165) is 38.8 Å². The topological polar surface area (TPSA) is 110 Å². The summed E-state index contributed by atoms with van der Waals surface area (Å²) in [7, 11) is -3.98. The summed E-state index contributed by atoms with van der Waals surface area (Å²) in [6.45, 7) is 4.07. The average molecular weight is 467 g/mol. The number of hydrogen-bond acceptors (Lipinski definition) is 6. The maximum atomic E-state index is 12.8. The molecule has 1 aliphatic rings. The Morgan fingerprint density at radius 2 is 1.87 bits per heavy atom. The van der Waals surface area contributed by atoms with Crippen molar-refractivity contribution < 1.29 is 22.9 Å². The number of anilines is 1. The highest BCUT2D eigenvalue weighted by molar-refractivity contribution is 7.93. The fourth-order valence-corrected chi connectivity index (χ4v) is 7.46. The van der Waals surface area contributed by atoms with E-state index in [1.165, 1.54) is 17.4 Å². The summed E-state index contributed by atoms with van der Waals surface area (Å²) in [5.41, 5.74) is 0.903. The molecule has 2 atom stereocenters. The molecule has 1 aliphatic heterocycles. The van der Waals surface area contributed by atoms with Gasteiger partial charge in [-0.3, -0.25) is 4.79 Å². The fraction of sp³-hybridized carbons (Fsp3) is 0.350. The van der Waals surface area contributed by atoms with Gasteiger partial charge in [0.1, 0.15) is 11.8 Å². The van der Waals surface area contributed by atoms with Gasteiger partial charge in [0, 0.05) is 26.6 Å². The van der Waals surface area contributed by atoms with Gasteiger partial charge >= 0.3 is 5.97 Å². The average Bonchev–Trinajstić information content (AvgIpc) is 3.27. The standard InChI is InChI=1S/C20H22N2O5S3/c1-12(2)19(20(23)24)21-30(26,27)14-5-7-16-15-6-4-13(22-8-3-9-29(22)25)10-17(15)28-18(16)11-14/h4-7,10-12,19,21H,3,8-9H2,1-2H3,(H,23,24)/t19-,29?/m0/s1. The SMILES string of the molecule is CC(C)[C@H](NS(=O)(=O)c1ccc2c(c1)sc1cc(N3CCC[S+]3[O-])ccc12)C(=O)O. The van der Waals surface area contributed by atoms with Crippen molar-refractivity contribution >= 4 is 64.6 Å². The normalized spacial score (nSPS) is 18.5. The second-order valence-electron chi connectivity index (χ2n) is 7.60. The largest absolute Gasteiger partial charge is 0.593 e. The molecule has 0 aliphatic carbocycles. The molecule has 30 heavy (non-hydrogen) atoms. The van der Waals surface area contributed by atoms with Crippen molar-refractivity contribution in [2.45, 2.75) is 31.2 Å². The van der Waals surface area contributed by atoms with Crippen LogP contribution in [-0.2, 0) is 26.2 Å². The molecule has 1 saturated heterocycles. The number of thiophene rings is 1. The summed E-state index contributed by atoms with van der Waals surface area (Å²) in [5.74, 6) is -0.921. The molecule has 4 rings (SSSR count). The number of nitrogens with zero attached hydrogens (tertiary/aromatic N) is 1. The molecule has 3 aromatic rings. The fourth-order valence-electron chi connectivity index (χ4n) is 3.57. The van der Waals surface area contributed by atoms with E-state index < -0.39 is 33.4 Å². The summed E-state index contributed by atoms with van der Waals surface area (Å²) in [4.78, 5) is 11.4. The molecule has 7 nitrogen and oxygen atoms in total. The van der Waals surface area contributed by atoms with Gasteiger partial charge < -0.3 is 9.66 Å². The van der Waals surface area contributed by atoms with Gasteiger partial charge in [0.05, 0.1) is 28.5 Å². The highest BCUT2D eigenvalue weighted by Gasteiger charge is 2.29. The summed E-state index contributed by atoms with van der Waals surface area (Å²) in [6.07, 6.45) is 0.902. The molecule has 2 aromatic carbocycles. The van der Waals surface area contributed by atoms with E-state index in [4.69, 9.17) is 0 Å². The molecule has 2 N–H and O–H groups in total. The Morgan fingerprint density at radius 3 is 2.47 bits per heavy atom. The number of carbonyl (C=O) groups is 1. The molecule has 1 aromatic heterocycles. The Hall–Kier alpha value is -1.85. The third-order valence-electron chi connectivity index (χ3n) is 5.17. The van der Waals surface area contributed by atoms with E-state index in [-0.39, 0.29) is 10.8 Å². The zero-order valence-electron chi connectivity index (χ0n) is 16.5. The van der Waals surface area contributed by atoms with Crippen LogP contribution in [-0.4, -0.2) is 42.4 Å². The number of benzene rings is 2. The molecule has 0 amide bonds. The van der Waals surface area contributed by atoms with Gasteiger partial charge in [-0.15, -0.1) is 11.3 Å². The quantitative estimate of drug-likeness (QED) is 0.540. The minimum atomic E-state index is -3.98. The second-order valence-corrected chi connectivity index (χ2v) is 11.9. The number of aliphatic carboxylic acids is 1. The molecular weight excluding hydrogens is 444 g/mol. The number of carboxylic acid groups (broad SMARTS) is 1. The number of hydrogen-bond donors (Lipinski definition) is 2. The van der Waals surface area contributed by atoms with Gasteiger partial charge in [-0.2, -0.15) is 9.03 Å². The van der Waals surface area contributed by atoms with Crippen LogP contribution in [0.25, 0.3) is 20.2 Å². The third kappa shape index (κ3) is 3.90. The van der Waals surface area contributed by atoms with E-state index >= 15 is 0 Å². The lowest BCUT2D eigenvalue weighted by molar-refractivity contribution is -0.140. The first-order valence-corrected chi connectivity index (χ1v) is 13.1. The molecule has 160 valence electrons. The van der Waals surface area contributed by atoms with Gasteiger partial charge in [0.25, 0.3) is 0 Å². The van der Waals surface area contributed by atoms with Crippen LogP contribution in [0.3, 0.4) is 0 Å². The van der Waals surface area contributed by atoms with Gasteiger partial charge in [-0.25, -0.2) is 8.42 Å². The molecule has 1 fully saturated rings. The van der Waals surface area contributed by atoms with Crippen LogP contribution in [0.15, 0.2) is 41.3 Å². The van der Waals surface area contributed by atoms with Crippen molar-refractivity contribution in [1.82, 2.24) is 4.72 Å². The molecule has 2 heterocycles. The van der Waals surface area contributed by atoms with Crippen LogP contribution in [0, 0.1) is 5.92 Å². The van der Waals surface area contributed by atoms with Crippen LogP contribution >= 0.6 is 11.3 Å². The summed E-state index contributed by atoms with van der Waals surface area (Å²) >= 11 is 0.464. The molecule has 0 radical (unpaired) electrons. The van der Waals surface area contributed by atoms with Gasteiger partial charge in [-0.05, 0) is 30.2 Å². The predicted molar refractivity (Wildman–Crippen MR) is 121 cm³/mol. The molecule has 10 heteroatoms. The molecule has 0 bridgehead atoms. The molecule has 0 spiro atoms. The highest BCUT2D eigenvalue weighted by Crippen LogP contribution is 2.38. The molecule has 0 saturated carbocycles. The number of sulfonamides is 1. The molecular formula is C20H22N2O5S3. The van der Waals surface area contributed by atoms with Gasteiger partial charge in [0.15, 0.2) is 0 Å². The lowest BCUT2D eigenvalue weighted by Crippen LogP contribution is -2.44. The predicted octanol–water partition coefficient (Wildman–Crippen LogP) is 3.32. The van der Waals surface area contributed by atoms with E-state index in [0.29, 0.717) is 5.75 Å². The summed E-state index contributed by atoms with van der Waals surface area (Å²) in [5, 5.41) is 11.2. The van der Waals surface area contributed by atoms with Crippen LogP contribution in [0.1, 0.15) is 20.3 Å². The zero-order valence-corrected chi connectivity index (χ0v) is 18.9. The first-order valence-electron chi connectivity index (χ1n) is 9.55. The zero-order chi connectivity index (χ0) is 21.6. The maximum Gasteiger partial charge on any atom is 0.322 e. The summed E-state index contributed by atoms with van der Waals surface area (Å²) < 4.78 is 43.6. The van der Waals surface area contributed by atoms with Crippen molar-refractivity contribution in [3.63, 3.8) is 0 Å². The maximum absolute atomic E-state index is 12.8. The number of rotatable bonds is 6. The van der Waals surface area contributed by atoms with E-state index in [1.54, 1.807) is 26.0 Å². The third-order valence-corrected chi connectivity index (χ3v) is 9.24. The minimum Gasteiger partial charge on any atom is -0.593 e. The lowest BCUT2D eigenvalue weighted by atomic mass is 10.1. The van der Waals surface area contributed by atoms with Crippen LogP contribution in [0.5, 0.6) is 0 Å². The van der Waals surface area contributed by atoms with Crippen molar-refractivity contribution in [2.75, 3.05) is 16.6 Å². The summed E-state index contributed by atoms with van der Waals surface area (Å²) in [6, 6.07) is 9.55. The first kappa shape index (κ1) is 21.4. The Bertz CT molecular complexity index is 1220. The van der Waals surface area contributed by atoms with Crippen molar-refractivity contribution in [1.29, 1.82) is 0 Å². The second kappa shape index (κ2) is 8.01. The number of nitrogens with one attached hydrogen (secondary N) is 1. The van der Waals surface area contributed by atoms with Crippen LogP contribution < -0.4 is 9.03 Å².